The molecular formula is C17H23BrN2O2. The molecule has 1 atom stereocenters. The van der Waals surface area contributed by atoms with Crippen molar-refractivity contribution in [2.24, 2.45) is 5.92 Å². The van der Waals surface area contributed by atoms with Crippen molar-refractivity contribution in [2.45, 2.75) is 25.2 Å². The molecule has 1 aromatic carbocycles. The van der Waals surface area contributed by atoms with Gasteiger partial charge >= 0.3 is 5.97 Å². The molecule has 0 amide bonds. The Hall–Kier alpha value is -1.07. The van der Waals surface area contributed by atoms with Gasteiger partial charge in [0.1, 0.15) is 0 Å². The van der Waals surface area contributed by atoms with Crippen LogP contribution in [0, 0.1) is 5.92 Å². The minimum absolute atomic E-state index is 0.162. The summed E-state index contributed by atoms with van der Waals surface area (Å²) < 4.78 is 1.09. The van der Waals surface area contributed by atoms with Crippen molar-refractivity contribution < 1.29 is 9.90 Å². The monoisotopic (exact) mass is 366 g/mol. The van der Waals surface area contributed by atoms with Gasteiger partial charge < -0.3 is 14.9 Å². The molecule has 0 spiro atoms. The van der Waals surface area contributed by atoms with Crippen LogP contribution in [0.25, 0.3) is 0 Å². The first-order valence-corrected chi connectivity index (χ1v) is 8.78. The van der Waals surface area contributed by atoms with Gasteiger partial charge in [0, 0.05) is 30.7 Å². The first kappa shape index (κ1) is 15.8. The Bertz CT molecular complexity index is 552. The predicted octanol–water partition coefficient (Wildman–Crippen LogP) is 3.17. The zero-order chi connectivity index (χ0) is 15.7. The predicted molar refractivity (Wildman–Crippen MR) is 91.6 cm³/mol. The van der Waals surface area contributed by atoms with E-state index in [9.17, 15) is 4.79 Å². The molecule has 1 heterocycles. The van der Waals surface area contributed by atoms with E-state index >= 15 is 0 Å². The number of carboxylic acid groups (broad SMARTS) is 1. The van der Waals surface area contributed by atoms with Gasteiger partial charge in [0.2, 0.25) is 0 Å². The van der Waals surface area contributed by atoms with E-state index in [0.717, 1.165) is 49.1 Å². The molecule has 120 valence electrons. The Morgan fingerprint density at radius 1 is 1.32 bits per heavy atom. The molecule has 22 heavy (non-hydrogen) atoms. The van der Waals surface area contributed by atoms with Crippen molar-refractivity contribution in [3.05, 3.63) is 28.2 Å². The lowest BCUT2D eigenvalue weighted by Crippen LogP contribution is -2.44. The number of piperazine rings is 1. The van der Waals surface area contributed by atoms with Gasteiger partial charge in [0.25, 0.3) is 0 Å². The summed E-state index contributed by atoms with van der Waals surface area (Å²) in [5.74, 6) is 0.0176. The maximum atomic E-state index is 11.1. The summed E-state index contributed by atoms with van der Waals surface area (Å²) in [5, 5.41) is 9.15. The average molecular weight is 367 g/mol. The van der Waals surface area contributed by atoms with E-state index in [1.807, 2.05) is 0 Å². The van der Waals surface area contributed by atoms with Gasteiger partial charge in [-0.15, -0.1) is 0 Å². The van der Waals surface area contributed by atoms with Gasteiger partial charge in [0.05, 0.1) is 12.1 Å². The van der Waals surface area contributed by atoms with Crippen molar-refractivity contribution in [3.8, 4) is 0 Å². The molecule has 3 rings (SSSR count). The van der Waals surface area contributed by atoms with Crippen molar-refractivity contribution >= 4 is 27.6 Å². The number of aliphatic carboxylic acids is 1. The number of carboxylic acids is 1. The second kappa shape index (κ2) is 6.59. The molecule has 2 fully saturated rings. The highest BCUT2D eigenvalue weighted by Crippen LogP contribution is 2.45. The van der Waals surface area contributed by atoms with Crippen molar-refractivity contribution in [3.63, 3.8) is 0 Å². The lowest BCUT2D eigenvalue weighted by molar-refractivity contribution is -0.137. The molecule has 1 aliphatic heterocycles. The minimum atomic E-state index is -0.698. The zero-order valence-corrected chi connectivity index (χ0v) is 14.6. The van der Waals surface area contributed by atoms with Crippen molar-refractivity contribution in [1.82, 2.24) is 4.90 Å². The molecule has 1 N–H and O–H groups in total. The van der Waals surface area contributed by atoms with E-state index in [2.05, 4.69) is 51.0 Å². The van der Waals surface area contributed by atoms with E-state index in [1.165, 1.54) is 5.69 Å². The molecule has 5 heteroatoms. The van der Waals surface area contributed by atoms with E-state index in [4.69, 9.17) is 5.11 Å². The number of benzene rings is 1. The highest BCUT2D eigenvalue weighted by Gasteiger charge is 2.34. The Morgan fingerprint density at radius 3 is 2.55 bits per heavy atom. The van der Waals surface area contributed by atoms with Gasteiger partial charge in [-0.3, -0.25) is 4.79 Å². The third-order valence-corrected chi connectivity index (χ3v) is 5.46. The number of rotatable bonds is 5. The fourth-order valence-corrected chi connectivity index (χ4v) is 3.95. The Morgan fingerprint density at radius 2 is 2.00 bits per heavy atom. The van der Waals surface area contributed by atoms with Crippen LogP contribution in [0.2, 0.25) is 0 Å². The first-order chi connectivity index (χ1) is 10.5. The fraction of sp³-hybridized carbons (Fsp3) is 0.588. The molecule has 1 unspecified atom stereocenters. The number of anilines is 1. The van der Waals surface area contributed by atoms with E-state index in [-0.39, 0.29) is 12.3 Å². The summed E-state index contributed by atoms with van der Waals surface area (Å²) >= 11 is 3.70. The average Bonchev–Trinajstić information content (AvgIpc) is 3.30. The largest absolute Gasteiger partial charge is 0.481 e. The number of hydrogen-bond donors (Lipinski definition) is 1. The van der Waals surface area contributed by atoms with E-state index in [0.29, 0.717) is 5.92 Å². The third kappa shape index (κ3) is 3.63. The number of hydrogen-bond acceptors (Lipinski definition) is 3. The second-order valence-corrected chi connectivity index (χ2v) is 7.40. The minimum Gasteiger partial charge on any atom is -0.481 e. The van der Waals surface area contributed by atoms with Crippen LogP contribution in [0.3, 0.4) is 0 Å². The SMILES string of the molecule is CN1CCN(c2ccc(C(CC(=O)O)C3CC3)cc2Br)CC1. The first-order valence-electron chi connectivity index (χ1n) is 7.99. The highest BCUT2D eigenvalue weighted by atomic mass is 79.9. The van der Waals surface area contributed by atoms with Crippen LogP contribution in [-0.4, -0.2) is 49.2 Å². The number of carbonyl (C=O) groups is 1. The molecule has 1 saturated carbocycles. The maximum absolute atomic E-state index is 11.1. The molecular weight excluding hydrogens is 344 g/mol. The molecule has 2 aliphatic rings. The summed E-state index contributed by atoms with van der Waals surface area (Å²) in [5.41, 5.74) is 2.39. The molecule has 0 radical (unpaired) electrons. The third-order valence-electron chi connectivity index (χ3n) is 4.83. The lowest BCUT2D eigenvalue weighted by atomic mass is 9.91. The Labute approximate surface area is 140 Å². The molecule has 0 aromatic heterocycles. The van der Waals surface area contributed by atoms with E-state index in [1.54, 1.807) is 0 Å². The molecule has 1 aliphatic carbocycles. The smallest absolute Gasteiger partial charge is 0.303 e. The standard InChI is InChI=1S/C17H23BrN2O2/c1-19-6-8-20(9-7-19)16-5-4-13(10-15(16)18)14(11-17(21)22)12-2-3-12/h4-5,10,12,14H,2-3,6-9,11H2,1H3,(H,21,22). The van der Waals surface area contributed by atoms with Gasteiger partial charge in [-0.1, -0.05) is 6.07 Å². The van der Waals surface area contributed by atoms with Crippen LogP contribution >= 0.6 is 15.9 Å². The van der Waals surface area contributed by atoms with Crippen molar-refractivity contribution in [2.75, 3.05) is 38.1 Å². The highest BCUT2D eigenvalue weighted by molar-refractivity contribution is 9.10. The molecule has 0 bridgehead atoms. The van der Waals surface area contributed by atoms with Crippen LogP contribution < -0.4 is 4.90 Å². The van der Waals surface area contributed by atoms with Crippen LogP contribution in [0.15, 0.2) is 22.7 Å². The summed E-state index contributed by atoms with van der Waals surface area (Å²) in [7, 11) is 2.15. The summed E-state index contributed by atoms with van der Waals surface area (Å²) in [6.07, 6.45) is 2.57. The van der Waals surface area contributed by atoms with Crippen LogP contribution in [-0.2, 0) is 4.79 Å². The fourth-order valence-electron chi connectivity index (χ4n) is 3.30. The Kier molecular flexibility index (Phi) is 4.73. The number of likely N-dealkylation sites (N-methyl/N-ethyl adjacent to an activating group) is 1. The topological polar surface area (TPSA) is 43.8 Å². The van der Waals surface area contributed by atoms with E-state index < -0.39 is 5.97 Å². The number of halogens is 1. The summed E-state index contributed by atoms with van der Waals surface area (Å²) in [6, 6.07) is 6.42. The molecule has 1 aromatic rings. The molecule has 4 nitrogen and oxygen atoms in total. The summed E-state index contributed by atoms with van der Waals surface area (Å²) in [4.78, 5) is 15.9. The lowest BCUT2D eigenvalue weighted by Gasteiger charge is -2.34. The number of nitrogens with zero attached hydrogens (tertiary/aromatic N) is 2. The van der Waals surface area contributed by atoms with Crippen LogP contribution in [0.4, 0.5) is 5.69 Å². The van der Waals surface area contributed by atoms with Gasteiger partial charge in [-0.2, -0.15) is 0 Å². The second-order valence-electron chi connectivity index (χ2n) is 6.54. The van der Waals surface area contributed by atoms with Crippen molar-refractivity contribution in [1.29, 1.82) is 0 Å². The zero-order valence-electron chi connectivity index (χ0n) is 13.0. The van der Waals surface area contributed by atoms with Crippen LogP contribution in [0.1, 0.15) is 30.7 Å². The van der Waals surface area contributed by atoms with Gasteiger partial charge in [0.15, 0.2) is 0 Å². The summed E-state index contributed by atoms with van der Waals surface area (Å²) in [6.45, 7) is 4.24. The molecule has 1 saturated heterocycles. The maximum Gasteiger partial charge on any atom is 0.303 e. The quantitative estimate of drug-likeness (QED) is 0.868. The normalized spacial score (nSPS) is 20.9. The van der Waals surface area contributed by atoms with Crippen LogP contribution in [0.5, 0.6) is 0 Å². The van der Waals surface area contributed by atoms with Gasteiger partial charge in [-0.25, -0.2) is 0 Å². The Balaban J connectivity index is 1.77. The van der Waals surface area contributed by atoms with Gasteiger partial charge in [-0.05, 0) is 65.4 Å².